The number of nitrogens with one attached hydrogen (secondary N) is 1. The highest BCUT2D eigenvalue weighted by atomic mass is 16.2. The highest BCUT2D eigenvalue weighted by Gasteiger charge is 2.10. The van der Waals surface area contributed by atoms with Gasteiger partial charge in [-0.05, 0) is 31.2 Å². The minimum Gasteiger partial charge on any atom is -0.325 e. The molecule has 25 heavy (non-hydrogen) atoms. The van der Waals surface area contributed by atoms with Gasteiger partial charge in [-0.15, -0.1) is 0 Å². The van der Waals surface area contributed by atoms with E-state index in [1.807, 2.05) is 6.07 Å². The van der Waals surface area contributed by atoms with Crippen LogP contribution in [0, 0.1) is 0 Å². The van der Waals surface area contributed by atoms with Gasteiger partial charge in [-0.1, -0.05) is 24.3 Å². The van der Waals surface area contributed by atoms with Gasteiger partial charge in [0.1, 0.15) is 0 Å². The molecule has 126 valence electrons. The monoisotopic (exact) mass is 335 g/mol. The normalized spacial score (nSPS) is 10.6. The number of aryl methyl sites for hydroxylation is 1. The number of fused-ring (bicyclic) bond motifs is 1. The molecule has 3 aromatic rings. The second-order valence-electron chi connectivity index (χ2n) is 5.66. The van der Waals surface area contributed by atoms with Crippen molar-refractivity contribution in [2.75, 3.05) is 5.32 Å². The highest BCUT2D eigenvalue weighted by Crippen LogP contribution is 2.15. The number of nitrogens with zero attached hydrogens (tertiary/aromatic N) is 2. The standard InChI is InChI=1S/C19H17N3O3/c1-13(23)14-6-2-5-9-17(14)21-18(24)10-11-22-12-20-16-8-4-3-7-15(16)19(22)25/h2-9,12H,10-11H2,1H3,(H,21,24). The van der Waals surface area contributed by atoms with Crippen LogP contribution in [0.25, 0.3) is 10.9 Å². The first-order chi connectivity index (χ1) is 12.1. The molecule has 0 bridgehead atoms. The Bertz CT molecular complexity index is 1010. The van der Waals surface area contributed by atoms with Crippen molar-refractivity contribution in [3.8, 4) is 0 Å². The Morgan fingerprint density at radius 1 is 1.08 bits per heavy atom. The van der Waals surface area contributed by atoms with E-state index in [2.05, 4.69) is 10.3 Å². The Morgan fingerprint density at radius 3 is 2.60 bits per heavy atom. The maximum atomic E-state index is 12.4. The zero-order valence-electron chi connectivity index (χ0n) is 13.7. The van der Waals surface area contributed by atoms with Crippen LogP contribution in [0.3, 0.4) is 0 Å². The minimum absolute atomic E-state index is 0.103. The third kappa shape index (κ3) is 3.63. The molecule has 0 unspecified atom stereocenters. The van der Waals surface area contributed by atoms with Crippen molar-refractivity contribution < 1.29 is 9.59 Å². The van der Waals surface area contributed by atoms with Gasteiger partial charge in [0.05, 0.1) is 22.9 Å². The lowest BCUT2D eigenvalue weighted by Gasteiger charge is -2.10. The van der Waals surface area contributed by atoms with Crippen LogP contribution in [-0.4, -0.2) is 21.2 Å². The predicted molar refractivity (Wildman–Crippen MR) is 95.7 cm³/mol. The maximum Gasteiger partial charge on any atom is 0.261 e. The van der Waals surface area contributed by atoms with Crippen molar-refractivity contribution in [3.63, 3.8) is 0 Å². The molecule has 1 aromatic heterocycles. The molecule has 2 aromatic carbocycles. The molecule has 3 rings (SSSR count). The van der Waals surface area contributed by atoms with Gasteiger partial charge in [0.15, 0.2) is 5.78 Å². The third-order valence-corrected chi connectivity index (χ3v) is 3.89. The van der Waals surface area contributed by atoms with Crippen LogP contribution in [0.4, 0.5) is 5.69 Å². The number of amides is 1. The Balaban J connectivity index is 1.72. The highest BCUT2D eigenvalue weighted by molar-refractivity contribution is 6.03. The fourth-order valence-electron chi connectivity index (χ4n) is 2.60. The van der Waals surface area contributed by atoms with Gasteiger partial charge >= 0.3 is 0 Å². The molecular weight excluding hydrogens is 318 g/mol. The average Bonchev–Trinajstić information content (AvgIpc) is 2.61. The third-order valence-electron chi connectivity index (χ3n) is 3.89. The molecule has 0 spiro atoms. The van der Waals surface area contributed by atoms with Crippen molar-refractivity contribution in [2.24, 2.45) is 0 Å². The molecule has 0 atom stereocenters. The van der Waals surface area contributed by atoms with Crippen LogP contribution in [0.1, 0.15) is 23.7 Å². The molecule has 0 aliphatic carbocycles. The molecule has 0 fully saturated rings. The number of carbonyl (C=O) groups is 2. The SMILES string of the molecule is CC(=O)c1ccccc1NC(=O)CCn1cnc2ccccc2c1=O. The molecule has 6 nitrogen and oxygen atoms in total. The number of anilines is 1. The van der Waals surface area contributed by atoms with E-state index in [1.165, 1.54) is 17.8 Å². The summed E-state index contributed by atoms with van der Waals surface area (Å²) in [7, 11) is 0. The quantitative estimate of drug-likeness (QED) is 0.727. The summed E-state index contributed by atoms with van der Waals surface area (Å²) in [6.07, 6.45) is 1.55. The molecule has 1 heterocycles. The van der Waals surface area contributed by atoms with Crippen molar-refractivity contribution >= 4 is 28.3 Å². The first-order valence-electron chi connectivity index (χ1n) is 7.90. The second kappa shape index (κ2) is 7.09. The first-order valence-corrected chi connectivity index (χ1v) is 7.90. The topological polar surface area (TPSA) is 81.1 Å². The van der Waals surface area contributed by atoms with Gasteiger partial charge in [0.2, 0.25) is 5.91 Å². The van der Waals surface area contributed by atoms with Crippen LogP contribution in [0.5, 0.6) is 0 Å². The Kier molecular flexibility index (Phi) is 4.70. The van der Waals surface area contributed by atoms with E-state index in [9.17, 15) is 14.4 Å². The average molecular weight is 335 g/mol. The summed E-state index contributed by atoms with van der Waals surface area (Å²) in [6, 6.07) is 13.9. The smallest absolute Gasteiger partial charge is 0.261 e. The number of Topliss-reactive ketones (excluding diaryl/α,β-unsaturated/α-hetero) is 1. The number of rotatable bonds is 5. The van der Waals surface area contributed by atoms with Crippen LogP contribution >= 0.6 is 0 Å². The number of para-hydroxylation sites is 2. The molecule has 1 amide bonds. The van der Waals surface area contributed by atoms with Crippen LogP contribution in [0.15, 0.2) is 59.7 Å². The van der Waals surface area contributed by atoms with Gasteiger partial charge in [0.25, 0.3) is 5.56 Å². The molecule has 6 heteroatoms. The van der Waals surface area contributed by atoms with E-state index in [0.717, 1.165) is 0 Å². The molecular formula is C19H17N3O3. The summed E-state index contributed by atoms with van der Waals surface area (Å²) in [6.45, 7) is 1.66. The Morgan fingerprint density at radius 2 is 1.80 bits per heavy atom. The summed E-state index contributed by atoms with van der Waals surface area (Å²) in [4.78, 5) is 40.4. The van der Waals surface area contributed by atoms with E-state index >= 15 is 0 Å². The van der Waals surface area contributed by atoms with E-state index in [-0.39, 0.29) is 30.2 Å². The number of benzene rings is 2. The van der Waals surface area contributed by atoms with E-state index < -0.39 is 0 Å². The zero-order valence-corrected chi connectivity index (χ0v) is 13.7. The fraction of sp³-hybridized carbons (Fsp3) is 0.158. The summed E-state index contributed by atoms with van der Waals surface area (Å²) in [5, 5.41) is 3.24. The first kappa shape index (κ1) is 16.6. The van der Waals surface area contributed by atoms with E-state index in [4.69, 9.17) is 0 Å². The number of aromatic nitrogens is 2. The molecule has 0 radical (unpaired) electrons. The number of hydrogen-bond acceptors (Lipinski definition) is 4. The van der Waals surface area contributed by atoms with Crippen molar-refractivity contribution in [2.45, 2.75) is 19.9 Å². The largest absolute Gasteiger partial charge is 0.325 e. The Hall–Kier alpha value is -3.28. The van der Waals surface area contributed by atoms with E-state index in [1.54, 1.807) is 42.5 Å². The molecule has 0 saturated heterocycles. The van der Waals surface area contributed by atoms with Gasteiger partial charge in [0, 0.05) is 18.5 Å². The second-order valence-corrected chi connectivity index (χ2v) is 5.66. The minimum atomic E-state index is -0.270. The summed E-state index contributed by atoms with van der Waals surface area (Å²) in [5.41, 5.74) is 1.38. The summed E-state index contributed by atoms with van der Waals surface area (Å²) < 4.78 is 1.42. The van der Waals surface area contributed by atoms with E-state index in [0.29, 0.717) is 22.2 Å². The van der Waals surface area contributed by atoms with Gasteiger partial charge in [-0.3, -0.25) is 19.0 Å². The van der Waals surface area contributed by atoms with Gasteiger partial charge in [-0.2, -0.15) is 0 Å². The van der Waals surface area contributed by atoms with Crippen molar-refractivity contribution in [1.82, 2.24) is 9.55 Å². The van der Waals surface area contributed by atoms with Crippen LogP contribution in [0.2, 0.25) is 0 Å². The van der Waals surface area contributed by atoms with Crippen molar-refractivity contribution in [1.29, 1.82) is 0 Å². The number of carbonyl (C=O) groups excluding carboxylic acids is 2. The number of ketones is 1. The Labute approximate surface area is 144 Å². The molecule has 0 aliphatic rings. The maximum absolute atomic E-state index is 12.4. The lowest BCUT2D eigenvalue weighted by Crippen LogP contribution is -2.24. The molecule has 0 aliphatic heterocycles. The molecule has 1 N–H and O–H groups in total. The lowest BCUT2D eigenvalue weighted by molar-refractivity contribution is -0.116. The summed E-state index contributed by atoms with van der Waals surface area (Å²) >= 11 is 0. The lowest BCUT2D eigenvalue weighted by atomic mass is 10.1. The van der Waals surface area contributed by atoms with Crippen molar-refractivity contribution in [3.05, 3.63) is 70.8 Å². The van der Waals surface area contributed by atoms with Gasteiger partial charge < -0.3 is 5.32 Å². The van der Waals surface area contributed by atoms with Crippen LogP contribution in [-0.2, 0) is 11.3 Å². The fourth-order valence-corrected chi connectivity index (χ4v) is 2.60. The zero-order chi connectivity index (χ0) is 17.8. The predicted octanol–water partition coefficient (Wildman–Crippen LogP) is 2.63. The molecule has 0 saturated carbocycles. The van der Waals surface area contributed by atoms with Crippen LogP contribution < -0.4 is 10.9 Å². The van der Waals surface area contributed by atoms with Gasteiger partial charge in [-0.25, -0.2) is 4.98 Å². The number of hydrogen-bond donors (Lipinski definition) is 1. The summed E-state index contributed by atoms with van der Waals surface area (Å²) in [5.74, 6) is -0.389.